The third-order valence-corrected chi connectivity index (χ3v) is 4.14. The van der Waals surface area contributed by atoms with E-state index in [9.17, 15) is 4.79 Å². The largest absolute Gasteiger partial charge is 0.490 e. The molecule has 4 nitrogen and oxygen atoms in total. The van der Waals surface area contributed by atoms with E-state index >= 15 is 0 Å². The van der Waals surface area contributed by atoms with Crippen LogP contribution in [-0.2, 0) is 0 Å². The lowest BCUT2D eigenvalue weighted by atomic mass is 10.1. The second-order valence-corrected chi connectivity index (χ2v) is 5.98. The van der Waals surface area contributed by atoms with Crippen LogP contribution in [-0.4, -0.2) is 17.4 Å². The molecule has 132 valence electrons. The van der Waals surface area contributed by atoms with Crippen molar-refractivity contribution in [2.75, 3.05) is 6.61 Å². The molecule has 0 atom stereocenters. The highest BCUT2D eigenvalue weighted by Gasteiger charge is 2.17. The Balaban J connectivity index is 1.52. The van der Waals surface area contributed by atoms with Crippen LogP contribution in [0.4, 0.5) is 0 Å². The highest BCUT2D eigenvalue weighted by Crippen LogP contribution is 2.27. The van der Waals surface area contributed by atoms with Gasteiger partial charge >= 0.3 is 0 Å². The van der Waals surface area contributed by atoms with Crippen molar-refractivity contribution in [3.8, 4) is 5.75 Å². The average molecular weight is 355 g/mol. The van der Waals surface area contributed by atoms with E-state index in [4.69, 9.17) is 9.15 Å². The predicted molar refractivity (Wildman–Crippen MR) is 105 cm³/mol. The summed E-state index contributed by atoms with van der Waals surface area (Å²) in [6.07, 6.45) is 7.03. The monoisotopic (exact) mass is 355 g/mol. The number of benzene rings is 2. The van der Waals surface area contributed by atoms with Gasteiger partial charge in [-0.05, 0) is 42.0 Å². The molecule has 27 heavy (non-hydrogen) atoms. The summed E-state index contributed by atoms with van der Waals surface area (Å²) in [5.74, 6) is 0.507. The zero-order valence-electron chi connectivity index (χ0n) is 14.5. The number of rotatable bonds is 6. The summed E-state index contributed by atoms with van der Waals surface area (Å²) < 4.78 is 11.3. The van der Waals surface area contributed by atoms with Gasteiger partial charge in [0.1, 0.15) is 29.9 Å². The van der Waals surface area contributed by atoms with Gasteiger partial charge in [-0.3, -0.25) is 9.78 Å². The summed E-state index contributed by atoms with van der Waals surface area (Å²) in [7, 11) is 0. The molecule has 4 heteroatoms. The van der Waals surface area contributed by atoms with Crippen molar-refractivity contribution in [2.24, 2.45) is 0 Å². The topological polar surface area (TPSA) is 52.3 Å². The van der Waals surface area contributed by atoms with Crippen LogP contribution in [0.25, 0.3) is 17.0 Å². The molecule has 0 aliphatic heterocycles. The first-order valence-corrected chi connectivity index (χ1v) is 8.62. The van der Waals surface area contributed by atoms with E-state index in [-0.39, 0.29) is 5.78 Å². The van der Waals surface area contributed by atoms with Gasteiger partial charge in [-0.1, -0.05) is 42.5 Å². The summed E-state index contributed by atoms with van der Waals surface area (Å²) in [4.78, 5) is 16.8. The van der Waals surface area contributed by atoms with E-state index < -0.39 is 0 Å². The van der Waals surface area contributed by atoms with Gasteiger partial charge < -0.3 is 9.15 Å². The van der Waals surface area contributed by atoms with Crippen LogP contribution in [0.3, 0.4) is 0 Å². The number of carbonyl (C=O) groups is 1. The molecule has 0 bridgehead atoms. The first kappa shape index (κ1) is 16.8. The Morgan fingerprint density at radius 2 is 1.89 bits per heavy atom. The number of ether oxygens (including phenoxy) is 1. The quantitative estimate of drug-likeness (QED) is 0.449. The number of carbonyl (C=O) groups excluding carboxylic acids is 1. The second kappa shape index (κ2) is 7.70. The number of aromatic nitrogens is 1. The van der Waals surface area contributed by atoms with Gasteiger partial charge in [-0.2, -0.15) is 0 Å². The van der Waals surface area contributed by atoms with Gasteiger partial charge in [0, 0.05) is 11.6 Å². The molecule has 0 aliphatic carbocycles. The zero-order chi connectivity index (χ0) is 18.5. The van der Waals surface area contributed by atoms with E-state index in [0.717, 1.165) is 10.9 Å². The molecular formula is C23H17NO3. The fraction of sp³-hybridized carbons (Fsp3) is 0.0435. The van der Waals surface area contributed by atoms with Crippen molar-refractivity contribution in [3.63, 3.8) is 0 Å². The Morgan fingerprint density at radius 1 is 1.04 bits per heavy atom. The van der Waals surface area contributed by atoms with E-state index in [0.29, 0.717) is 29.2 Å². The molecule has 0 saturated heterocycles. The molecule has 0 fully saturated rings. The maximum atomic E-state index is 12.7. The van der Waals surface area contributed by atoms with Crippen LogP contribution in [0.1, 0.15) is 21.6 Å². The van der Waals surface area contributed by atoms with Gasteiger partial charge in [0.15, 0.2) is 0 Å². The molecule has 2 heterocycles. The molecule has 0 aliphatic rings. The van der Waals surface area contributed by atoms with Gasteiger partial charge in [0.25, 0.3) is 0 Å². The third-order valence-electron chi connectivity index (χ3n) is 4.14. The van der Waals surface area contributed by atoms with Crippen LogP contribution < -0.4 is 4.74 Å². The number of furan rings is 1. The van der Waals surface area contributed by atoms with Gasteiger partial charge in [0.05, 0.1) is 5.56 Å². The number of pyridine rings is 1. The van der Waals surface area contributed by atoms with Crippen LogP contribution in [0.5, 0.6) is 5.75 Å². The molecule has 2 aromatic heterocycles. The predicted octanol–water partition coefficient (Wildman–Crippen LogP) is 5.15. The lowest BCUT2D eigenvalue weighted by Gasteiger charge is -2.04. The second-order valence-electron chi connectivity index (χ2n) is 5.98. The first-order valence-electron chi connectivity index (χ1n) is 8.62. The molecule has 0 amide bonds. The standard InChI is InChI=1S/C23H17NO3/c25-23(21-10-4-5-13-24-21)20-16-27-22-12-11-18(15-19(20)22)26-14-6-9-17-7-2-1-3-8-17/h1-13,15-16H,14H2. The van der Waals surface area contributed by atoms with E-state index in [1.165, 1.54) is 6.26 Å². The minimum atomic E-state index is -0.171. The highest BCUT2D eigenvalue weighted by atomic mass is 16.5. The smallest absolute Gasteiger partial charge is 0.215 e. The number of ketones is 1. The van der Waals surface area contributed by atoms with Gasteiger partial charge in [-0.15, -0.1) is 0 Å². The molecule has 0 N–H and O–H groups in total. The van der Waals surface area contributed by atoms with E-state index in [2.05, 4.69) is 4.98 Å². The molecule has 2 aromatic carbocycles. The normalized spacial score (nSPS) is 11.1. The van der Waals surface area contributed by atoms with Crippen LogP contribution >= 0.6 is 0 Å². The van der Waals surface area contributed by atoms with Gasteiger partial charge in [0.2, 0.25) is 5.78 Å². The lowest BCUT2D eigenvalue weighted by Crippen LogP contribution is -2.02. The Morgan fingerprint density at radius 3 is 2.70 bits per heavy atom. The summed E-state index contributed by atoms with van der Waals surface area (Å²) in [5.41, 5.74) is 2.63. The Bertz CT molecular complexity index is 1080. The SMILES string of the molecule is O=C(c1ccccn1)c1coc2ccc(OCC=Cc3ccccc3)cc12. The summed E-state index contributed by atoms with van der Waals surface area (Å²) in [5, 5.41) is 0.718. The minimum Gasteiger partial charge on any atom is -0.490 e. The third kappa shape index (κ3) is 3.80. The van der Waals surface area contributed by atoms with Crippen molar-refractivity contribution >= 4 is 22.8 Å². The Kier molecular flexibility index (Phi) is 4.79. The summed E-state index contributed by atoms with van der Waals surface area (Å²) in [6, 6.07) is 20.8. The fourth-order valence-electron chi connectivity index (χ4n) is 2.80. The van der Waals surface area contributed by atoms with Crippen LogP contribution in [0.2, 0.25) is 0 Å². The number of fused-ring (bicyclic) bond motifs is 1. The Hall–Kier alpha value is -3.66. The van der Waals surface area contributed by atoms with Gasteiger partial charge in [-0.25, -0.2) is 0 Å². The van der Waals surface area contributed by atoms with E-state index in [1.54, 1.807) is 30.5 Å². The van der Waals surface area contributed by atoms with Crippen molar-refractivity contribution in [1.82, 2.24) is 4.98 Å². The van der Waals surface area contributed by atoms with Crippen molar-refractivity contribution < 1.29 is 13.9 Å². The number of hydrogen-bond donors (Lipinski definition) is 0. The maximum Gasteiger partial charge on any atom is 0.215 e. The van der Waals surface area contributed by atoms with Crippen LogP contribution in [0.15, 0.2) is 89.7 Å². The zero-order valence-corrected chi connectivity index (χ0v) is 14.5. The van der Waals surface area contributed by atoms with Crippen molar-refractivity contribution in [1.29, 1.82) is 0 Å². The molecule has 0 spiro atoms. The lowest BCUT2D eigenvalue weighted by molar-refractivity contribution is 0.103. The van der Waals surface area contributed by atoms with Crippen LogP contribution in [0, 0.1) is 0 Å². The number of nitrogens with zero attached hydrogens (tertiary/aromatic N) is 1. The maximum absolute atomic E-state index is 12.7. The van der Waals surface area contributed by atoms with Crippen molar-refractivity contribution in [2.45, 2.75) is 0 Å². The summed E-state index contributed by atoms with van der Waals surface area (Å²) >= 11 is 0. The number of hydrogen-bond acceptors (Lipinski definition) is 4. The molecule has 4 aromatic rings. The highest BCUT2D eigenvalue weighted by molar-refractivity contribution is 6.15. The van der Waals surface area contributed by atoms with Crippen molar-refractivity contribution in [3.05, 3.63) is 102 Å². The first-order chi connectivity index (χ1) is 13.3. The average Bonchev–Trinajstić information content (AvgIpc) is 3.15. The molecule has 0 saturated carbocycles. The Labute approximate surface area is 156 Å². The molecular weight excluding hydrogens is 338 g/mol. The van der Waals surface area contributed by atoms with E-state index in [1.807, 2.05) is 54.6 Å². The molecule has 0 unspecified atom stereocenters. The minimum absolute atomic E-state index is 0.171. The molecule has 4 rings (SSSR count). The fourth-order valence-corrected chi connectivity index (χ4v) is 2.80. The molecule has 0 radical (unpaired) electrons. The summed E-state index contributed by atoms with van der Waals surface area (Å²) in [6.45, 7) is 0.432.